The first-order chi connectivity index (χ1) is 12.9. The molecule has 2 N–H and O–H groups in total. The zero-order chi connectivity index (χ0) is 19.9. The van der Waals surface area contributed by atoms with E-state index in [4.69, 9.17) is 9.47 Å². The number of benzene rings is 2. The van der Waals surface area contributed by atoms with Crippen LogP contribution in [-0.4, -0.2) is 41.3 Å². The molecule has 144 valence electrons. The van der Waals surface area contributed by atoms with Crippen LogP contribution in [0, 0.1) is 5.82 Å². The molecule has 0 spiro atoms. The standard InChI is InChI=1S/C17H18FN3O5S/c1-25-15-8-7-13(9-16(15)26-2)27(23,24)20-11-17(22)21-19-10-12-5-3-4-6-14(12)18/h3-10,20H,11H2,1-2H3,(H,21,22)/b19-10-. The van der Waals surface area contributed by atoms with Gasteiger partial charge in [-0.25, -0.2) is 23.0 Å². The van der Waals surface area contributed by atoms with Crippen molar-refractivity contribution in [2.75, 3.05) is 20.8 Å². The molecular weight excluding hydrogens is 377 g/mol. The van der Waals surface area contributed by atoms with Gasteiger partial charge in [0.05, 0.1) is 31.9 Å². The van der Waals surface area contributed by atoms with Gasteiger partial charge in [-0.3, -0.25) is 4.79 Å². The molecule has 2 rings (SSSR count). The first-order valence-corrected chi connectivity index (χ1v) is 9.14. The second kappa shape index (κ2) is 9.10. The molecule has 1 amide bonds. The maximum absolute atomic E-state index is 13.4. The topological polar surface area (TPSA) is 106 Å². The number of hydrazone groups is 1. The number of nitrogens with one attached hydrogen (secondary N) is 2. The third-order valence-electron chi connectivity index (χ3n) is 3.39. The summed E-state index contributed by atoms with van der Waals surface area (Å²) >= 11 is 0. The first kappa shape index (κ1) is 20.3. The van der Waals surface area contributed by atoms with Crippen molar-refractivity contribution in [3.05, 3.63) is 53.8 Å². The van der Waals surface area contributed by atoms with Gasteiger partial charge in [-0.15, -0.1) is 0 Å². The monoisotopic (exact) mass is 395 g/mol. The van der Waals surface area contributed by atoms with Crippen molar-refractivity contribution in [3.63, 3.8) is 0 Å². The normalized spacial score (nSPS) is 11.4. The highest BCUT2D eigenvalue weighted by atomic mass is 32.2. The Hall–Kier alpha value is -2.98. The lowest BCUT2D eigenvalue weighted by Gasteiger charge is -2.10. The molecule has 2 aromatic rings. The lowest BCUT2D eigenvalue weighted by atomic mass is 10.2. The van der Waals surface area contributed by atoms with Crippen LogP contribution in [0.5, 0.6) is 11.5 Å². The Morgan fingerprint density at radius 3 is 2.52 bits per heavy atom. The fourth-order valence-electron chi connectivity index (χ4n) is 2.02. The number of ether oxygens (including phenoxy) is 2. The van der Waals surface area contributed by atoms with E-state index in [1.807, 2.05) is 0 Å². The molecule has 0 fully saturated rings. The number of rotatable bonds is 8. The Morgan fingerprint density at radius 2 is 1.85 bits per heavy atom. The van der Waals surface area contributed by atoms with E-state index in [0.29, 0.717) is 5.75 Å². The van der Waals surface area contributed by atoms with Crippen LogP contribution in [0.1, 0.15) is 5.56 Å². The Bertz CT molecular complexity index is 947. The van der Waals surface area contributed by atoms with Gasteiger partial charge < -0.3 is 9.47 Å². The number of nitrogens with zero attached hydrogens (tertiary/aromatic N) is 1. The molecule has 8 nitrogen and oxygen atoms in total. The fraction of sp³-hybridized carbons (Fsp3) is 0.176. The Morgan fingerprint density at radius 1 is 1.15 bits per heavy atom. The van der Waals surface area contributed by atoms with Gasteiger partial charge in [0.1, 0.15) is 5.82 Å². The van der Waals surface area contributed by atoms with Crippen LogP contribution in [-0.2, 0) is 14.8 Å². The van der Waals surface area contributed by atoms with Gasteiger partial charge in [0.15, 0.2) is 11.5 Å². The van der Waals surface area contributed by atoms with Gasteiger partial charge in [0, 0.05) is 11.6 Å². The van der Waals surface area contributed by atoms with Gasteiger partial charge in [-0.2, -0.15) is 5.10 Å². The minimum atomic E-state index is -3.96. The predicted octanol–water partition coefficient (Wildman–Crippen LogP) is 1.27. The van der Waals surface area contributed by atoms with Crippen LogP contribution < -0.4 is 19.6 Å². The SMILES string of the molecule is COc1ccc(S(=O)(=O)NCC(=O)N/N=C\c2ccccc2F)cc1OC. The molecule has 2 aromatic carbocycles. The van der Waals surface area contributed by atoms with Gasteiger partial charge in [-0.1, -0.05) is 18.2 Å². The van der Waals surface area contributed by atoms with Crippen LogP contribution in [0.3, 0.4) is 0 Å². The molecule has 0 atom stereocenters. The summed E-state index contributed by atoms with van der Waals surface area (Å²) in [7, 11) is -1.15. The van der Waals surface area contributed by atoms with E-state index in [1.54, 1.807) is 6.07 Å². The third-order valence-corrected chi connectivity index (χ3v) is 4.79. The lowest BCUT2D eigenvalue weighted by molar-refractivity contribution is -0.119. The zero-order valence-electron chi connectivity index (χ0n) is 14.6. The summed E-state index contributed by atoms with van der Waals surface area (Å²) in [6, 6.07) is 9.89. The maximum atomic E-state index is 13.4. The van der Waals surface area contributed by atoms with Crippen LogP contribution in [0.4, 0.5) is 4.39 Å². The maximum Gasteiger partial charge on any atom is 0.255 e. The van der Waals surface area contributed by atoms with E-state index in [1.165, 1.54) is 50.6 Å². The molecule has 0 saturated heterocycles. The highest BCUT2D eigenvalue weighted by Gasteiger charge is 2.18. The van der Waals surface area contributed by atoms with Crippen molar-refractivity contribution in [2.24, 2.45) is 5.10 Å². The van der Waals surface area contributed by atoms with Crippen LogP contribution in [0.25, 0.3) is 0 Å². The molecule has 0 aromatic heterocycles. The molecule has 0 bridgehead atoms. The third kappa shape index (κ3) is 5.50. The lowest BCUT2D eigenvalue weighted by Crippen LogP contribution is -2.35. The average Bonchev–Trinajstić information content (AvgIpc) is 2.67. The molecule has 10 heteroatoms. The second-order valence-corrected chi connectivity index (χ2v) is 6.92. The largest absolute Gasteiger partial charge is 0.493 e. The molecule has 0 aliphatic heterocycles. The van der Waals surface area contributed by atoms with Crippen molar-refractivity contribution < 1.29 is 27.1 Å². The Kier molecular flexibility index (Phi) is 6.85. The van der Waals surface area contributed by atoms with E-state index in [9.17, 15) is 17.6 Å². The molecule has 0 unspecified atom stereocenters. The van der Waals surface area contributed by atoms with E-state index in [0.717, 1.165) is 6.21 Å². The number of hydrogen-bond donors (Lipinski definition) is 2. The van der Waals surface area contributed by atoms with E-state index in [-0.39, 0.29) is 16.2 Å². The number of amides is 1. The number of halogens is 1. The van der Waals surface area contributed by atoms with Crippen molar-refractivity contribution >= 4 is 22.1 Å². The summed E-state index contributed by atoms with van der Waals surface area (Å²) in [5.74, 6) is -0.604. The summed E-state index contributed by atoms with van der Waals surface area (Å²) in [4.78, 5) is 11.6. The molecule has 0 aliphatic rings. The minimum Gasteiger partial charge on any atom is -0.493 e. The summed E-state index contributed by atoms with van der Waals surface area (Å²) in [5.41, 5.74) is 2.30. The van der Waals surface area contributed by atoms with Crippen molar-refractivity contribution in [3.8, 4) is 11.5 Å². The number of methoxy groups -OCH3 is 2. The van der Waals surface area contributed by atoms with Crippen molar-refractivity contribution in [1.29, 1.82) is 0 Å². The van der Waals surface area contributed by atoms with Crippen molar-refractivity contribution in [2.45, 2.75) is 4.90 Å². The smallest absolute Gasteiger partial charge is 0.255 e. The van der Waals surface area contributed by atoms with Crippen LogP contribution in [0.15, 0.2) is 52.5 Å². The summed E-state index contributed by atoms with van der Waals surface area (Å²) in [6.07, 6.45) is 1.12. The number of carbonyl (C=O) groups is 1. The predicted molar refractivity (Wildman–Crippen MR) is 96.9 cm³/mol. The minimum absolute atomic E-state index is 0.0946. The molecule has 27 heavy (non-hydrogen) atoms. The first-order valence-electron chi connectivity index (χ1n) is 7.65. The highest BCUT2D eigenvalue weighted by Crippen LogP contribution is 2.29. The molecule has 0 heterocycles. The average molecular weight is 395 g/mol. The number of carbonyl (C=O) groups excluding carboxylic acids is 1. The molecule has 0 radical (unpaired) electrons. The van der Waals surface area contributed by atoms with E-state index >= 15 is 0 Å². The van der Waals surface area contributed by atoms with Gasteiger partial charge in [0.2, 0.25) is 10.0 Å². The van der Waals surface area contributed by atoms with Gasteiger partial charge >= 0.3 is 0 Å². The zero-order valence-corrected chi connectivity index (χ0v) is 15.4. The van der Waals surface area contributed by atoms with Gasteiger partial charge in [-0.05, 0) is 18.2 Å². The van der Waals surface area contributed by atoms with Gasteiger partial charge in [0.25, 0.3) is 5.91 Å². The highest BCUT2D eigenvalue weighted by molar-refractivity contribution is 7.89. The van der Waals surface area contributed by atoms with Crippen molar-refractivity contribution in [1.82, 2.24) is 10.1 Å². The quantitative estimate of drug-likeness (QED) is 0.517. The number of sulfonamides is 1. The fourth-order valence-corrected chi connectivity index (χ4v) is 3.02. The molecule has 0 aliphatic carbocycles. The number of hydrogen-bond acceptors (Lipinski definition) is 6. The second-order valence-electron chi connectivity index (χ2n) is 5.16. The summed E-state index contributed by atoms with van der Waals surface area (Å²) < 4.78 is 50.2. The summed E-state index contributed by atoms with van der Waals surface area (Å²) in [6.45, 7) is -0.550. The molecular formula is C17H18FN3O5S. The summed E-state index contributed by atoms with van der Waals surface area (Å²) in [5, 5.41) is 3.59. The Balaban J connectivity index is 1.96. The van der Waals surface area contributed by atoms with E-state index < -0.39 is 28.3 Å². The van der Waals surface area contributed by atoms with Crippen LogP contribution in [0.2, 0.25) is 0 Å². The van der Waals surface area contributed by atoms with E-state index in [2.05, 4.69) is 15.2 Å². The Labute approximate surface area is 156 Å². The van der Waals surface area contributed by atoms with Crippen LogP contribution >= 0.6 is 0 Å². The molecule has 0 saturated carbocycles.